The lowest BCUT2D eigenvalue weighted by Crippen LogP contribution is -2.55. The van der Waals surface area contributed by atoms with Gasteiger partial charge in [-0.1, -0.05) is 12.1 Å². The van der Waals surface area contributed by atoms with Crippen molar-refractivity contribution in [3.05, 3.63) is 69.7 Å². The summed E-state index contributed by atoms with van der Waals surface area (Å²) >= 11 is 0. The second-order valence-corrected chi connectivity index (χ2v) is 7.29. The SMILES string of the molecule is C[C@@H]1CN(COc2cc([N+](=O)[O-])ccc2N)[C@@H](C)C(=C=O)N1Cc1ccc(F)cc1. The van der Waals surface area contributed by atoms with Crippen LogP contribution in [0.4, 0.5) is 15.8 Å². The summed E-state index contributed by atoms with van der Waals surface area (Å²) < 4.78 is 18.9. The van der Waals surface area contributed by atoms with Crippen LogP contribution < -0.4 is 10.5 Å². The summed E-state index contributed by atoms with van der Waals surface area (Å²) in [4.78, 5) is 26.1. The largest absolute Gasteiger partial charge is 0.476 e. The Morgan fingerprint density at radius 1 is 1.27 bits per heavy atom. The number of nitrogen functional groups attached to an aromatic ring is 1. The third-order valence-corrected chi connectivity index (χ3v) is 5.25. The van der Waals surface area contributed by atoms with E-state index >= 15 is 0 Å². The molecule has 3 rings (SSSR count). The van der Waals surface area contributed by atoms with Gasteiger partial charge in [-0.05, 0) is 37.6 Å². The van der Waals surface area contributed by atoms with Crippen molar-refractivity contribution in [3.8, 4) is 5.75 Å². The minimum absolute atomic E-state index is 0.0336. The van der Waals surface area contributed by atoms with Gasteiger partial charge in [0.25, 0.3) is 5.69 Å². The monoisotopic (exact) mass is 414 g/mol. The van der Waals surface area contributed by atoms with Crippen molar-refractivity contribution in [2.24, 2.45) is 0 Å². The molecule has 2 atom stereocenters. The number of carbonyl (C=O) groups excluding carboxylic acids is 1. The van der Waals surface area contributed by atoms with Crippen LogP contribution in [0, 0.1) is 15.9 Å². The first-order valence-electron chi connectivity index (χ1n) is 9.47. The van der Waals surface area contributed by atoms with Crippen molar-refractivity contribution >= 4 is 17.3 Å². The molecule has 1 saturated heterocycles. The van der Waals surface area contributed by atoms with E-state index in [-0.39, 0.29) is 36.1 Å². The maximum Gasteiger partial charge on any atom is 0.273 e. The number of anilines is 1. The van der Waals surface area contributed by atoms with E-state index in [0.717, 1.165) is 5.56 Å². The first-order valence-corrected chi connectivity index (χ1v) is 9.47. The number of nitrogens with zero attached hydrogens (tertiary/aromatic N) is 3. The fourth-order valence-corrected chi connectivity index (χ4v) is 3.50. The lowest BCUT2D eigenvalue weighted by Gasteiger charge is -2.45. The topological polar surface area (TPSA) is 102 Å². The van der Waals surface area contributed by atoms with Crippen LogP contribution in [0.25, 0.3) is 0 Å². The van der Waals surface area contributed by atoms with Gasteiger partial charge in [-0.15, -0.1) is 0 Å². The van der Waals surface area contributed by atoms with Gasteiger partial charge in [-0.2, -0.15) is 0 Å². The Balaban J connectivity index is 1.72. The van der Waals surface area contributed by atoms with Gasteiger partial charge in [0, 0.05) is 25.2 Å². The summed E-state index contributed by atoms with van der Waals surface area (Å²) in [6.45, 7) is 4.99. The number of ether oxygens (including phenoxy) is 1. The van der Waals surface area contributed by atoms with Gasteiger partial charge in [0.15, 0.2) is 5.75 Å². The maximum absolute atomic E-state index is 13.2. The Hall–Kier alpha value is -3.42. The lowest BCUT2D eigenvalue weighted by molar-refractivity contribution is -0.384. The van der Waals surface area contributed by atoms with Crippen molar-refractivity contribution < 1.29 is 18.8 Å². The number of hydrogen-bond acceptors (Lipinski definition) is 7. The molecule has 0 unspecified atom stereocenters. The van der Waals surface area contributed by atoms with Crippen molar-refractivity contribution in [2.45, 2.75) is 32.5 Å². The summed E-state index contributed by atoms with van der Waals surface area (Å²) in [7, 11) is 0. The number of nitro groups is 1. The van der Waals surface area contributed by atoms with Crippen LogP contribution >= 0.6 is 0 Å². The first-order chi connectivity index (χ1) is 14.3. The molecule has 0 radical (unpaired) electrons. The number of nitrogens with two attached hydrogens (primary N) is 1. The van der Waals surface area contributed by atoms with E-state index in [1.54, 1.807) is 12.1 Å². The molecule has 1 aliphatic heterocycles. The standard InChI is InChI=1S/C21H23FN4O4/c1-14-10-24(13-30-21-9-18(26(28)29)7-8-19(21)23)15(2)20(12-27)25(14)11-16-3-5-17(22)6-4-16/h3-9,14-15H,10-11,13,23H2,1-2H3/t14-,15+/m1/s1. The van der Waals surface area contributed by atoms with E-state index < -0.39 is 4.92 Å². The molecule has 2 aromatic rings. The molecule has 1 aliphatic rings. The molecule has 0 saturated carbocycles. The number of piperazine rings is 1. The van der Waals surface area contributed by atoms with E-state index in [4.69, 9.17) is 10.5 Å². The maximum atomic E-state index is 13.2. The second-order valence-electron chi connectivity index (χ2n) is 7.29. The van der Waals surface area contributed by atoms with Crippen LogP contribution in [0.2, 0.25) is 0 Å². The van der Waals surface area contributed by atoms with Crippen molar-refractivity contribution in [1.29, 1.82) is 0 Å². The van der Waals surface area contributed by atoms with E-state index in [1.807, 2.05) is 29.6 Å². The van der Waals surface area contributed by atoms with Gasteiger partial charge in [0.1, 0.15) is 24.2 Å². The molecule has 9 heteroatoms. The molecule has 0 amide bonds. The molecular weight excluding hydrogens is 391 g/mol. The Morgan fingerprint density at radius 3 is 2.60 bits per heavy atom. The molecule has 8 nitrogen and oxygen atoms in total. The molecule has 0 spiro atoms. The first kappa shape index (κ1) is 21.3. The van der Waals surface area contributed by atoms with Gasteiger partial charge in [0.05, 0.1) is 22.7 Å². The molecular formula is C21H23FN4O4. The minimum Gasteiger partial charge on any atom is -0.476 e. The van der Waals surface area contributed by atoms with Crippen molar-refractivity contribution in [3.63, 3.8) is 0 Å². The highest BCUT2D eigenvalue weighted by Gasteiger charge is 2.34. The normalized spacial score (nSPS) is 19.4. The van der Waals surface area contributed by atoms with Gasteiger partial charge in [-0.3, -0.25) is 15.0 Å². The van der Waals surface area contributed by atoms with Crippen LogP contribution in [-0.4, -0.2) is 46.0 Å². The second kappa shape index (κ2) is 8.94. The van der Waals surface area contributed by atoms with Crippen molar-refractivity contribution in [1.82, 2.24) is 9.80 Å². The molecule has 2 N–H and O–H groups in total. The van der Waals surface area contributed by atoms with E-state index in [2.05, 4.69) is 0 Å². The molecule has 158 valence electrons. The lowest BCUT2D eigenvalue weighted by atomic mass is 10.0. The van der Waals surface area contributed by atoms with E-state index in [0.29, 0.717) is 24.5 Å². The molecule has 0 aliphatic carbocycles. The number of benzene rings is 2. The predicted molar refractivity (Wildman–Crippen MR) is 110 cm³/mol. The average Bonchev–Trinajstić information content (AvgIpc) is 2.72. The van der Waals surface area contributed by atoms with E-state index in [9.17, 15) is 19.3 Å². The zero-order valence-corrected chi connectivity index (χ0v) is 16.7. The fraction of sp³-hybridized carbons (Fsp3) is 0.333. The van der Waals surface area contributed by atoms with Crippen LogP contribution in [0.1, 0.15) is 19.4 Å². The fourth-order valence-electron chi connectivity index (χ4n) is 3.50. The Kier molecular flexibility index (Phi) is 6.34. The van der Waals surface area contributed by atoms with Crippen LogP contribution in [0.5, 0.6) is 5.75 Å². The zero-order valence-electron chi connectivity index (χ0n) is 16.7. The summed E-state index contributed by atoms with van der Waals surface area (Å²) in [5.74, 6) is 1.94. The Bertz CT molecular complexity index is 975. The van der Waals surface area contributed by atoms with Gasteiger partial charge in [-0.25, -0.2) is 9.18 Å². The highest BCUT2D eigenvalue weighted by Crippen LogP contribution is 2.29. The third-order valence-electron chi connectivity index (χ3n) is 5.25. The van der Waals surface area contributed by atoms with Gasteiger partial charge < -0.3 is 15.4 Å². The van der Waals surface area contributed by atoms with Crippen LogP contribution in [-0.2, 0) is 11.3 Å². The van der Waals surface area contributed by atoms with Crippen LogP contribution in [0.15, 0.2) is 48.2 Å². The number of hydrogen-bond donors (Lipinski definition) is 1. The number of non-ortho nitro benzene ring substituents is 1. The predicted octanol–water partition coefficient (Wildman–Crippen LogP) is 2.96. The number of rotatable bonds is 6. The summed E-state index contributed by atoms with van der Waals surface area (Å²) in [5, 5.41) is 11.0. The van der Waals surface area contributed by atoms with E-state index in [1.165, 1.54) is 30.3 Å². The molecule has 30 heavy (non-hydrogen) atoms. The molecule has 1 heterocycles. The molecule has 2 aromatic carbocycles. The summed E-state index contributed by atoms with van der Waals surface area (Å²) in [6.07, 6.45) is 0. The molecule has 0 aromatic heterocycles. The minimum atomic E-state index is -0.515. The smallest absolute Gasteiger partial charge is 0.273 e. The number of nitro benzene ring substituents is 1. The highest BCUT2D eigenvalue weighted by molar-refractivity contribution is 5.57. The van der Waals surface area contributed by atoms with Gasteiger partial charge in [0.2, 0.25) is 0 Å². The Morgan fingerprint density at radius 2 is 1.97 bits per heavy atom. The zero-order chi connectivity index (χ0) is 21.8. The van der Waals surface area contributed by atoms with Crippen molar-refractivity contribution in [2.75, 3.05) is 19.0 Å². The number of halogens is 1. The highest BCUT2D eigenvalue weighted by atomic mass is 19.1. The third kappa shape index (κ3) is 4.59. The van der Waals surface area contributed by atoms with Crippen LogP contribution in [0.3, 0.4) is 0 Å². The van der Waals surface area contributed by atoms with Gasteiger partial charge >= 0.3 is 0 Å². The molecule has 1 fully saturated rings. The summed E-state index contributed by atoms with van der Waals surface area (Å²) in [5.41, 5.74) is 7.40. The quantitative estimate of drug-likeness (QED) is 0.336. The molecule has 0 bridgehead atoms. The summed E-state index contributed by atoms with van der Waals surface area (Å²) in [6, 6.07) is 9.86. The Labute approximate surface area is 173 Å². The average molecular weight is 414 g/mol.